The minimum atomic E-state index is -0.217. The minimum Gasteiger partial charge on any atom is -0.367 e. The highest BCUT2D eigenvalue weighted by Crippen LogP contribution is 2.20. The molecule has 1 aromatic heterocycles. The van der Waals surface area contributed by atoms with Gasteiger partial charge in [0.25, 0.3) is 0 Å². The minimum absolute atomic E-state index is 0.0578. The van der Waals surface area contributed by atoms with E-state index in [-0.39, 0.29) is 11.9 Å². The Morgan fingerprint density at radius 1 is 1.29 bits per heavy atom. The molecule has 2 rings (SSSR count). The van der Waals surface area contributed by atoms with Gasteiger partial charge in [0.1, 0.15) is 11.6 Å². The van der Waals surface area contributed by atoms with Crippen molar-refractivity contribution in [2.75, 3.05) is 26.0 Å². The average Bonchev–Trinajstić information content (AvgIpc) is 2.42. The van der Waals surface area contributed by atoms with Crippen LogP contribution in [0.4, 0.5) is 10.2 Å². The SMILES string of the molecule is Cc1cnc(C)c(NC[C@@H](c2cccc(F)c2)N(C)C)n1. The van der Waals surface area contributed by atoms with Gasteiger partial charge >= 0.3 is 0 Å². The third kappa shape index (κ3) is 3.98. The maximum absolute atomic E-state index is 13.4. The van der Waals surface area contributed by atoms with Gasteiger partial charge < -0.3 is 10.2 Å². The number of aromatic nitrogens is 2. The van der Waals surface area contributed by atoms with Crippen molar-refractivity contribution in [2.24, 2.45) is 0 Å². The molecule has 0 spiro atoms. The largest absolute Gasteiger partial charge is 0.367 e. The number of nitrogens with zero attached hydrogens (tertiary/aromatic N) is 3. The molecule has 4 nitrogen and oxygen atoms in total. The highest BCUT2D eigenvalue weighted by atomic mass is 19.1. The van der Waals surface area contributed by atoms with Crippen molar-refractivity contribution in [3.8, 4) is 0 Å². The van der Waals surface area contributed by atoms with Gasteiger partial charge in [-0.05, 0) is 45.6 Å². The molecule has 0 aliphatic rings. The zero-order valence-electron chi connectivity index (χ0n) is 12.9. The third-order valence-corrected chi connectivity index (χ3v) is 3.40. The highest BCUT2D eigenvalue weighted by Gasteiger charge is 2.15. The second-order valence-corrected chi connectivity index (χ2v) is 5.36. The van der Waals surface area contributed by atoms with Gasteiger partial charge in [-0.3, -0.25) is 4.98 Å². The molecular formula is C16H21FN4. The van der Waals surface area contributed by atoms with Crippen LogP contribution < -0.4 is 5.32 Å². The molecule has 2 aromatic rings. The van der Waals surface area contributed by atoms with Crippen LogP contribution in [-0.2, 0) is 0 Å². The lowest BCUT2D eigenvalue weighted by atomic mass is 10.1. The summed E-state index contributed by atoms with van der Waals surface area (Å²) in [5.41, 5.74) is 2.67. The van der Waals surface area contributed by atoms with Gasteiger partial charge in [-0.15, -0.1) is 0 Å². The Bertz CT molecular complexity index is 613. The molecule has 0 saturated heterocycles. The van der Waals surface area contributed by atoms with Crippen molar-refractivity contribution in [3.05, 3.63) is 53.2 Å². The summed E-state index contributed by atoms with van der Waals surface area (Å²) in [5, 5.41) is 3.32. The molecule has 0 unspecified atom stereocenters. The van der Waals surface area contributed by atoms with E-state index in [1.54, 1.807) is 18.3 Å². The van der Waals surface area contributed by atoms with Crippen LogP contribution in [0.3, 0.4) is 0 Å². The molecule has 0 amide bonds. The van der Waals surface area contributed by atoms with E-state index in [1.807, 2.05) is 34.0 Å². The lowest BCUT2D eigenvalue weighted by molar-refractivity contribution is 0.311. The molecule has 0 fully saturated rings. The lowest BCUT2D eigenvalue weighted by Gasteiger charge is -2.25. The van der Waals surface area contributed by atoms with E-state index in [1.165, 1.54) is 6.07 Å². The number of benzene rings is 1. The van der Waals surface area contributed by atoms with Crippen LogP contribution in [0.5, 0.6) is 0 Å². The van der Waals surface area contributed by atoms with Crippen molar-refractivity contribution in [1.29, 1.82) is 0 Å². The summed E-state index contributed by atoms with van der Waals surface area (Å²) in [5.74, 6) is 0.559. The van der Waals surface area contributed by atoms with E-state index in [0.29, 0.717) is 6.54 Å². The Morgan fingerprint density at radius 3 is 2.71 bits per heavy atom. The number of likely N-dealkylation sites (N-methyl/N-ethyl adjacent to an activating group) is 1. The molecular weight excluding hydrogens is 267 g/mol. The smallest absolute Gasteiger partial charge is 0.147 e. The fraction of sp³-hybridized carbons (Fsp3) is 0.375. The zero-order chi connectivity index (χ0) is 15.4. The number of hydrogen-bond donors (Lipinski definition) is 1. The van der Waals surface area contributed by atoms with E-state index in [2.05, 4.69) is 20.2 Å². The van der Waals surface area contributed by atoms with E-state index in [4.69, 9.17) is 0 Å². The van der Waals surface area contributed by atoms with Crippen molar-refractivity contribution in [3.63, 3.8) is 0 Å². The summed E-state index contributed by atoms with van der Waals surface area (Å²) in [4.78, 5) is 10.8. The number of halogens is 1. The van der Waals surface area contributed by atoms with Crippen LogP contribution in [0.25, 0.3) is 0 Å². The van der Waals surface area contributed by atoms with Gasteiger partial charge in [-0.1, -0.05) is 12.1 Å². The van der Waals surface area contributed by atoms with E-state index >= 15 is 0 Å². The summed E-state index contributed by atoms with van der Waals surface area (Å²) in [6.45, 7) is 4.46. The Morgan fingerprint density at radius 2 is 2.05 bits per heavy atom. The normalized spacial score (nSPS) is 12.5. The van der Waals surface area contributed by atoms with Crippen molar-refractivity contribution in [1.82, 2.24) is 14.9 Å². The number of nitrogens with one attached hydrogen (secondary N) is 1. The maximum atomic E-state index is 13.4. The van der Waals surface area contributed by atoms with Crippen molar-refractivity contribution in [2.45, 2.75) is 19.9 Å². The summed E-state index contributed by atoms with van der Waals surface area (Å²) < 4.78 is 13.4. The van der Waals surface area contributed by atoms with Crippen LogP contribution in [0.15, 0.2) is 30.5 Å². The Labute approximate surface area is 125 Å². The van der Waals surface area contributed by atoms with Crippen molar-refractivity contribution < 1.29 is 4.39 Å². The molecule has 0 bridgehead atoms. The molecule has 21 heavy (non-hydrogen) atoms. The molecule has 5 heteroatoms. The monoisotopic (exact) mass is 288 g/mol. The van der Waals surface area contributed by atoms with Gasteiger partial charge in [-0.2, -0.15) is 0 Å². The molecule has 0 radical (unpaired) electrons. The molecule has 112 valence electrons. The second-order valence-electron chi connectivity index (χ2n) is 5.36. The number of anilines is 1. The Kier molecular flexibility index (Phi) is 4.85. The van der Waals surface area contributed by atoms with Gasteiger partial charge in [-0.25, -0.2) is 9.37 Å². The summed E-state index contributed by atoms with van der Waals surface area (Å²) in [6.07, 6.45) is 1.75. The molecule has 1 N–H and O–H groups in total. The molecule has 1 aromatic carbocycles. The molecule has 1 heterocycles. The van der Waals surface area contributed by atoms with Gasteiger partial charge in [0.15, 0.2) is 0 Å². The predicted octanol–water partition coefficient (Wildman–Crippen LogP) is 2.95. The molecule has 0 saturated carbocycles. The average molecular weight is 288 g/mol. The number of hydrogen-bond acceptors (Lipinski definition) is 4. The molecule has 1 atom stereocenters. The first-order valence-corrected chi connectivity index (χ1v) is 6.93. The second kappa shape index (κ2) is 6.63. The first-order valence-electron chi connectivity index (χ1n) is 6.93. The van der Waals surface area contributed by atoms with E-state index < -0.39 is 0 Å². The van der Waals surface area contributed by atoms with Crippen LogP contribution in [0, 0.1) is 19.7 Å². The summed E-state index contributed by atoms with van der Waals surface area (Å²) >= 11 is 0. The topological polar surface area (TPSA) is 41.1 Å². The molecule has 0 aliphatic carbocycles. The van der Waals surface area contributed by atoms with Crippen molar-refractivity contribution >= 4 is 5.82 Å². The first-order chi connectivity index (χ1) is 9.97. The zero-order valence-corrected chi connectivity index (χ0v) is 12.9. The number of rotatable bonds is 5. The van der Waals surface area contributed by atoms with Crippen LogP contribution in [-0.4, -0.2) is 35.5 Å². The van der Waals surface area contributed by atoms with Gasteiger partial charge in [0.2, 0.25) is 0 Å². The first kappa shape index (κ1) is 15.4. The highest BCUT2D eigenvalue weighted by molar-refractivity contribution is 5.40. The summed E-state index contributed by atoms with van der Waals surface area (Å²) in [6, 6.07) is 6.76. The molecule has 0 aliphatic heterocycles. The van der Waals surface area contributed by atoms with E-state index in [9.17, 15) is 4.39 Å². The quantitative estimate of drug-likeness (QED) is 0.918. The fourth-order valence-corrected chi connectivity index (χ4v) is 2.21. The predicted molar refractivity (Wildman–Crippen MR) is 82.8 cm³/mol. The van der Waals surface area contributed by atoms with Gasteiger partial charge in [0.05, 0.1) is 17.4 Å². The lowest BCUT2D eigenvalue weighted by Crippen LogP contribution is -2.27. The standard InChI is InChI=1S/C16H21FN4/c1-11-9-18-12(2)16(20-11)19-10-15(21(3)4)13-6-5-7-14(17)8-13/h5-9,15H,10H2,1-4H3,(H,19,20)/t15-/m0/s1. The fourth-order valence-electron chi connectivity index (χ4n) is 2.21. The number of aryl methyl sites for hydroxylation is 2. The van der Waals surface area contributed by atoms with E-state index in [0.717, 1.165) is 22.8 Å². The van der Waals surface area contributed by atoms with Crippen LogP contribution in [0.2, 0.25) is 0 Å². The Hall–Kier alpha value is -2.01. The summed E-state index contributed by atoms with van der Waals surface area (Å²) in [7, 11) is 3.96. The van der Waals surface area contributed by atoms with Crippen LogP contribution >= 0.6 is 0 Å². The van der Waals surface area contributed by atoms with Gasteiger partial charge in [0, 0.05) is 12.7 Å². The Balaban J connectivity index is 2.16. The maximum Gasteiger partial charge on any atom is 0.147 e. The van der Waals surface area contributed by atoms with Crippen LogP contribution in [0.1, 0.15) is 23.0 Å². The third-order valence-electron chi connectivity index (χ3n) is 3.40.